The number of nitrogens with two attached hydrogens (primary N) is 1. The molecule has 0 bridgehead atoms. The number of benzene rings is 1. The number of aliphatic carboxylic acids is 1. The van der Waals surface area contributed by atoms with Crippen molar-refractivity contribution >= 4 is 33.6 Å². The lowest BCUT2D eigenvalue weighted by Crippen LogP contribution is -2.38. The highest BCUT2D eigenvalue weighted by Crippen LogP contribution is 2.26. The van der Waals surface area contributed by atoms with Crippen LogP contribution in [-0.2, 0) is 4.79 Å². The quantitative estimate of drug-likeness (QED) is 0.780. The van der Waals surface area contributed by atoms with E-state index in [0.717, 1.165) is 4.70 Å². The van der Waals surface area contributed by atoms with Crippen LogP contribution in [0.1, 0.15) is 17.8 Å². The van der Waals surface area contributed by atoms with Gasteiger partial charge in [-0.3, -0.25) is 4.79 Å². The molecule has 0 saturated heterocycles. The van der Waals surface area contributed by atoms with Crippen LogP contribution >= 0.6 is 11.3 Å². The van der Waals surface area contributed by atoms with E-state index in [0.29, 0.717) is 22.7 Å². The van der Waals surface area contributed by atoms with Crippen LogP contribution in [0, 0.1) is 11.3 Å². The number of hydrogen-bond acceptors (Lipinski definition) is 7. The Morgan fingerprint density at radius 2 is 2.21 bits per heavy atom. The summed E-state index contributed by atoms with van der Waals surface area (Å²) < 4.78 is 6.06. The topological polar surface area (TPSA) is 130 Å². The van der Waals surface area contributed by atoms with Crippen LogP contribution in [0.15, 0.2) is 18.2 Å². The molecule has 0 unspecified atom stereocenters. The van der Waals surface area contributed by atoms with E-state index in [9.17, 15) is 9.59 Å². The minimum atomic E-state index is -0.917. The van der Waals surface area contributed by atoms with E-state index in [1.54, 1.807) is 18.2 Å². The highest BCUT2D eigenvalue weighted by molar-refractivity contribution is 7.19. The molecule has 0 atom stereocenters. The van der Waals surface area contributed by atoms with Crippen molar-refractivity contribution in [1.29, 1.82) is 5.26 Å². The molecule has 0 spiro atoms. The second-order valence-corrected chi connectivity index (χ2v) is 5.93. The average molecular weight is 348 g/mol. The van der Waals surface area contributed by atoms with Gasteiger partial charge >= 0.3 is 12.1 Å². The van der Waals surface area contributed by atoms with Crippen molar-refractivity contribution in [2.24, 2.45) is 5.73 Å². The number of aromatic nitrogens is 1. The molecule has 0 aliphatic heterocycles. The van der Waals surface area contributed by atoms with Crippen LogP contribution < -0.4 is 10.5 Å². The van der Waals surface area contributed by atoms with Crippen molar-refractivity contribution in [2.75, 3.05) is 19.6 Å². The molecular formula is C15H16N4O4S. The highest BCUT2D eigenvalue weighted by Gasteiger charge is 2.16. The first-order valence-corrected chi connectivity index (χ1v) is 8.04. The summed E-state index contributed by atoms with van der Waals surface area (Å²) >= 11 is 1.21. The Hall–Kier alpha value is -2.70. The van der Waals surface area contributed by atoms with Gasteiger partial charge in [0.25, 0.3) is 0 Å². The normalized spacial score (nSPS) is 10.3. The molecule has 1 heterocycles. The van der Waals surface area contributed by atoms with Crippen LogP contribution in [0.5, 0.6) is 5.75 Å². The van der Waals surface area contributed by atoms with Gasteiger partial charge in [0, 0.05) is 32.1 Å². The van der Waals surface area contributed by atoms with Crippen LogP contribution in [0.4, 0.5) is 4.79 Å². The summed E-state index contributed by atoms with van der Waals surface area (Å²) in [7, 11) is 0. The molecule has 0 fully saturated rings. The number of fused-ring (bicyclic) bond motifs is 1. The lowest BCUT2D eigenvalue weighted by atomic mass is 10.3. The Balaban J connectivity index is 2.05. The Morgan fingerprint density at radius 1 is 1.42 bits per heavy atom. The molecule has 0 aliphatic carbocycles. The number of amides is 1. The molecule has 0 aliphatic rings. The molecule has 1 amide bonds. The van der Waals surface area contributed by atoms with E-state index >= 15 is 0 Å². The van der Waals surface area contributed by atoms with Gasteiger partial charge in [0.1, 0.15) is 11.8 Å². The molecule has 126 valence electrons. The van der Waals surface area contributed by atoms with E-state index < -0.39 is 12.1 Å². The monoisotopic (exact) mass is 348 g/mol. The van der Waals surface area contributed by atoms with Crippen LogP contribution in [0.25, 0.3) is 10.2 Å². The fourth-order valence-corrected chi connectivity index (χ4v) is 2.84. The fraction of sp³-hybridized carbons (Fsp3) is 0.333. The third-order valence-corrected chi connectivity index (χ3v) is 4.06. The number of carboxylic acids is 1. The van der Waals surface area contributed by atoms with Crippen molar-refractivity contribution in [1.82, 2.24) is 9.88 Å². The summed E-state index contributed by atoms with van der Waals surface area (Å²) in [5.74, 6) is -0.582. The van der Waals surface area contributed by atoms with Gasteiger partial charge in [-0.1, -0.05) is 0 Å². The van der Waals surface area contributed by atoms with Crippen molar-refractivity contribution in [3.63, 3.8) is 0 Å². The summed E-state index contributed by atoms with van der Waals surface area (Å²) in [5, 5.41) is 17.9. The molecule has 3 N–H and O–H groups in total. The number of rotatable bonds is 7. The minimum Gasteiger partial charge on any atom is -0.481 e. The van der Waals surface area contributed by atoms with Gasteiger partial charge in [0.2, 0.25) is 0 Å². The van der Waals surface area contributed by atoms with Gasteiger partial charge in [0.05, 0.1) is 10.2 Å². The zero-order valence-corrected chi connectivity index (χ0v) is 13.6. The van der Waals surface area contributed by atoms with Crippen molar-refractivity contribution in [2.45, 2.75) is 12.8 Å². The first-order valence-electron chi connectivity index (χ1n) is 7.23. The third kappa shape index (κ3) is 4.65. The van der Waals surface area contributed by atoms with Crippen molar-refractivity contribution < 1.29 is 19.4 Å². The fourth-order valence-electron chi connectivity index (χ4n) is 2.05. The zero-order chi connectivity index (χ0) is 17.5. The highest BCUT2D eigenvalue weighted by atomic mass is 32.1. The molecule has 8 nitrogen and oxygen atoms in total. The predicted molar refractivity (Wildman–Crippen MR) is 87.9 cm³/mol. The van der Waals surface area contributed by atoms with Gasteiger partial charge < -0.3 is 20.5 Å². The van der Waals surface area contributed by atoms with Crippen molar-refractivity contribution in [3.05, 3.63) is 23.2 Å². The maximum atomic E-state index is 12.2. The number of carboxylic acid groups (broad SMARTS) is 1. The average Bonchev–Trinajstić information content (AvgIpc) is 2.96. The van der Waals surface area contributed by atoms with Crippen molar-refractivity contribution in [3.8, 4) is 11.8 Å². The SMILES string of the molecule is N#Cc1nc2ccc(OC(=O)N(CCN)CCCC(=O)O)cc2s1. The molecule has 0 radical (unpaired) electrons. The third-order valence-electron chi connectivity index (χ3n) is 3.14. The lowest BCUT2D eigenvalue weighted by molar-refractivity contribution is -0.137. The number of thiazole rings is 1. The number of carbonyl (C=O) groups is 2. The standard InChI is InChI=1S/C15H16N4O4S/c16-5-7-19(6-1-2-14(20)21)15(22)23-10-3-4-11-12(8-10)24-13(9-17)18-11/h3-4,8H,1-2,5-7,16H2,(H,20,21). The van der Waals surface area contributed by atoms with Crippen LogP contribution in [-0.4, -0.2) is 46.7 Å². The second-order valence-electron chi connectivity index (χ2n) is 4.90. The van der Waals surface area contributed by atoms with E-state index in [2.05, 4.69) is 4.98 Å². The Labute approximate surface area is 142 Å². The minimum absolute atomic E-state index is 0.0297. The van der Waals surface area contributed by atoms with E-state index in [1.807, 2.05) is 6.07 Å². The molecule has 0 saturated carbocycles. The van der Waals surface area contributed by atoms with Gasteiger partial charge in [-0.05, 0) is 18.6 Å². The van der Waals surface area contributed by atoms with Gasteiger partial charge in [0.15, 0.2) is 5.01 Å². The van der Waals surface area contributed by atoms with E-state index in [-0.39, 0.29) is 26.1 Å². The van der Waals surface area contributed by atoms with Crippen LogP contribution in [0.2, 0.25) is 0 Å². The summed E-state index contributed by atoms with van der Waals surface area (Å²) in [5.41, 5.74) is 6.15. The first-order chi connectivity index (χ1) is 11.5. The smallest absolute Gasteiger partial charge is 0.415 e. The molecule has 1 aromatic carbocycles. The van der Waals surface area contributed by atoms with Crippen LogP contribution in [0.3, 0.4) is 0 Å². The number of hydrogen-bond donors (Lipinski definition) is 2. The second kappa shape index (κ2) is 8.24. The summed E-state index contributed by atoms with van der Waals surface area (Å²) in [6, 6.07) is 6.89. The summed E-state index contributed by atoms with van der Waals surface area (Å²) in [6.07, 6.45) is -0.294. The Morgan fingerprint density at radius 3 is 2.88 bits per heavy atom. The van der Waals surface area contributed by atoms with Gasteiger partial charge in [-0.25, -0.2) is 9.78 Å². The number of carbonyl (C=O) groups excluding carboxylic acids is 1. The van der Waals surface area contributed by atoms with E-state index in [4.69, 9.17) is 20.8 Å². The largest absolute Gasteiger partial charge is 0.481 e. The molecule has 1 aromatic heterocycles. The maximum absolute atomic E-state index is 12.2. The number of ether oxygens (including phenoxy) is 1. The van der Waals surface area contributed by atoms with Gasteiger partial charge in [-0.15, -0.1) is 11.3 Å². The number of nitrogens with zero attached hydrogens (tertiary/aromatic N) is 3. The molecular weight excluding hydrogens is 332 g/mol. The Kier molecular flexibility index (Phi) is 6.06. The summed E-state index contributed by atoms with van der Waals surface area (Å²) in [4.78, 5) is 28.3. The molecule has 24 heavy (non-hydrogen) atoms. The number of nitriles is 1. The lowest BCUT2D eigenvalue weighted by Gasteiger charge is -2.20. The maximum Gasteiger partial charge on any atom is 0.415 e. The molecule has 2 aromatic rings. The molecule has 2 rings (SSSR count). The zero-order valence-electron chi connectivity index (χ0n) is 12.8. The predicted octanol–water partition coefficient (Wildman–Crippen LogP) is 1.79. The summed E-state index contributed by atoms with van der Waals surface area (Å²) in [6.45, 7) is 0.783. The Bertz CT molecular complexity index is 783. The van der Waals surface area contributed by atoms with E-state index in [1.165, 1.54) is 16.2 Å². The van der Waals surface area contributed by atoms with Gasteiger partial charge in [-0.2, -0.15) is 5.26 Å². The molecule has 9 heteroatoms. The first kappa shape index (κ1) is 17.7.